The molecule has 0 amide bonds. The van der Waals surface area contributed by atoms with E-state index < -0.39 is 0 Å². The van der Waals surface area contributed by atoms with Crippen LogP contribution < -0.4 is 15.4 Å². The summed E-state index contributed by atoms with van der Waals surface area (Å²) in [4.78, 5) is 7.20. The molecule has 0 spiro atoms. The number of hydrogen-bond donors (Lipinski definition) is 2. The van der Waals surface area contributed by atoms with E-state index in [9.17, 15) is 0 Å². The third-order valence-electron chi connectivity index (χ3n) is 4.83. The Kier molecular flexibility index (Phi) is 14.9. The third kappa shape index (κ3) is 11.9. The van der Waals surface area contributed by atoms with Crippen molar-refractivity contribution in [2.45, 2.75) is 39.9 Å². The highest BCUT2D eigenvalue weighted by Crippen LogP contribution is 2.12. The summed E-state index contributed by atoms with van der Waals surface area (Å²) in [6.07, 6.45) is 1.09. The second-order valence-electron chi connectivity index (χ2n) is 8.05. The maximum atomic E-state index is 5.90. The van der Waals surface area contributed by atoms with E-state index in [0.29, 0.717) is 25.7 Å². The van der Waals surface area contributed by atoms with Crippen molar-refractivity contribution in [2.24, 2.45) is 10.9 Å². The molecule has 0 aromatic heterocycles. The number of rotatable bonds is 12. The van der Waals surface area contributed by atoms with Crippen LogP contribution in [0.3, 0.4) is 0 Å². The Morgan fingerprint density at radius 2 is 2.03 bits per heavy atom. The van der Waals surface area contributed by atoms with Crippen LogP contribution in [0.4, 0.5) is 0 Å². The summed E-state index contributed by atoms with van der Waals surface area (Å²) in [5, 5.41) is 6.70. The molecule has 2 N–H and O–H groups in total. The second-order valence-corrected chi connectivity index (χ2v) is 8.05. The maximum Gasteiger partial charge on any atom is 0.191 e. The molecule has 1 heterocycles. The van der Waals surface area contributed by atoms with E-state index >= 15 is 0 Å². The van der Waals surface area contributed by atoms with Crippen molar-refractivity contribution in [3.63, 3.8) is 0 Å². The lowest BCUT2D eigenvalue weighted by atomic mass is 10.2. The monoisotopic (exact) mass is 548 g/mol. The number of hydrogen-bond acceptors (Lipinski definition) is 5. The van der Waals surface area contributed by atoms with Gasteiger partial charge in [0.25, 0.3) is 0 Å². The molecule has 1 aromatic carbocycles. The van der Waals surface area contributed by atoms with Crippen LogP contribution in [0.25, 0.3) is 0 Å². The van der Waals surface area contributed by atoms with E-state index in [-0.39, 0.29) is 30.1 Å². The van der Waals surface area contributed by atoms with E-state index in [2.05, 4.69) is 36.3 Å². The molecule has 0 radical (unpaired) electrons. The minimum Gasteiger partial charge on any atom is -0.497 e. The number of nitrogens with zero attached hydrogens (tertiary/aromatic N) is 2. The van der Waals surface area contributed by atoms with Gasteiger partial charge in [-0.15, -0.1) is 24.0 Å². The molecule has 178 valence electrons. The summed E-state index contributed by atoms with van der Waals surface area (Å²) in [5.41, 5.74) is 1.15. The van der Waals surface area contributed by atoms with Crippen LogP contribution in [0, 0.1) is 5.92 Å². The number of nitrogens with one attached hydrogen (secondary N) is 2. The first kappa shape index (κ1) is 27.9. The van der Waals surface area contributed by atoms with E-state index in [0.717, 1.165) is 63.0 Å². The number of methoxy groups -OCH3 is 1. The van der Waals surface area contributed by atoms with Gasteiger partial charge in [-0.1, -0.05) is 26.0 Å². The number of aliphatic imine (C=N–C) groups is 1. The van der Waals surface area contributed by atoms with Gasteiger partial charge in [-0.25, -0.2) is 0 Å². The first-order valence-electron chi connectivity index (χ1n) is 11.2. The van der Waals surface area contributed by atoms with Crippen molar-refractivity contribution >= 4 is 29.9 Å². The van der Waals surface area contributed by atoms with Crippen LogP contribution in [-0.4, -0.2) is 76.6 Å². The van der Waals surface area contributed by atoms with Gasteiger partial charge in [0.2, 0.25) is 0 Å². The van der Waals surface area contributed by atoms with Crippen molar-refractivity contribution in [1.82, 2.24) is 15.5 Å². The minimum atomic E-state index is 0. The number of benzene rings is 1. The molecule has 1 unspecified atom stereocenters. The van der Waals surface area contributed by atoms with Crippen LogP contribution in [0.2, 0.25) is 0 Å². The number of ether oxygens (including phenoxy) is 3. The van der Waals surface area contributed by atoms with Crippen LogP contribution in [0.5, 0.6) is 5.75 Å². The van der Waals surface area contributed by atoms with E-state index in [1.165, 1.54) is 0 Å². The molecule has 0 bridgehead atoms. The second kappa shape index (κ2) is 16.5. The Morgan fingerprint density at radius 3 is 2.71 bits per heavy atom. The molecule has 1 saturated heterocycles. The Balaban J connectivity index is 0.00000480. The number of morpholine rings is 1. The van der Waals surface area contributed by atoms with Gasteiger partial charge < -0.3 is 24.8 Å². The molecule has 1 atom stereocenters. The zero-order valence-electron chi connectivity index (χ0n) is 19.6. The lowest BCUT2D eigenvalue weighted by Crippen LogP contribution is -2.46. The van der Waals surface area contributed by atoms with Gasteiger partial charge in [0.15, 0.2) is 5.96 Å². The van der Waals surface area contributed by atoms with Gasteiger partial charge >= 0.3 is 0 Å². The van der Waals surface area contributed by atoms with E-state index in [1.807, 2.05) is 24.3 Å². The average molecular weight is 549 g/mol. The standard InChI is InChI=1S/C23H40N4O3.HI/c1-5-24-23(26-15-22-17-27(12-14-30-22)16-19(2)3)25-11-6-13-29-18-20-7-9-21(28-4)10-8-20;/h7-10,19,22H,5-6,11-18H2,1-4H3,(H2,24,25,26);1H. The number of guanidine groups is 1. The number of halogens is 1. The van der Waals surface area contributed by atoms with Crippen molar-refractivity contribution in [3.8, 4) is 5.75 Å². The Labute approximate surface area is 205 Å². The highest BCUT2D eigenvalue weighted by Gasteiger charge is 2.20. The quantitative estimate of drug-likeness (QED) is 0.181. The Hall–Kier alpha value is -1.10. The highest BCUT2D eigenvalue weighted by atomic mass is 127. The summed E-state index contributed by atoms with van der Waals surface area (Å²) in [6, 6.07) is 7.97. The SMILES string of the molecule is CCNC(=NCC1CN(CC(C)C)CCO1)NCCCOCc1ccc(OC)cc1.I. The minimum absolute atomic E-state index is 0. The summed E-state index contributed by atoms with van der Waals surface area (Å²) in [5.74, 6) is 2.39. The molecule has 1 fully saturated rings. The van der Waals surface area contributed by atoms with Crippen molar-refractivity contribution in [2.75, 3.05) is 59.6 Å². The maximum absolute atomic E-state index is 5.90. The summed E-state index contributed by atoms with van der Waals surface area (Å²) >= 11 is 0. The lowest BCUT2D eigenvalue weighted by molar-refractivity contribution is -0.0261. The van der Waals surface area contributed by atoms with Gasteiger partial charge in [-0.3, -0.25) is 9.89 Å². The highest BCUT2D eigenvalue weighted by molar-refractivity contribution is 14.0. The molecule has 0 saturated carbocycles. The fourth-order valence-corrected chi connectivity index (χ4v) is 3.40. The molecule has 1 aliphatic heterocycles. The predicted octanol–water partition coefficient (Wildman–Crippen LogP) is 3.13. The van der Waals surface area contributed by atoms with Gasteiger partial charge in [0.1, 0.15) is 5.75 Å². The van der Waals surface area contributed by atoms with Gasteiger partial charge in [0.05, 0.1) is 33.0 Å². The molecular weight excluding hydrogens is 507 g/mol. The molecular formula is C23H41IN4O3. The van der Waals surface area contributed by atoms with Crippen molar-refractivity contribution in [1.29, 1.82) is 0 Å². The Bertz CT molecular complexity index is 613. The summed E-state index contributed by atoms with van der Waals surface area (Å²) < 4.78 is 16.8. The zero-order valence-corrected chi connectivity index (χ0v) is 21.9. The lowest BCUT2D eigenvalue weighted by Gasteiger charge is -2.33. The topological polar surface area (TPSA) is 67.4 Å². The molecule has 7 nitrogen and oxygen atoms in total. The van der Waals surface area contributed by atoms with E-state index in [1.54, 1.807) is 7.11 Å². The zero-order chi connectivity index (χ0) is 21.6. The van der Waals surface area contributed by atoms with Crippen LogP contribution >= 0.6 is 24.0 Å². The smallest absolute Gasteiger partial charge is 0.191 e. The van der Waals surface area contributed by atoms with Crippen LogP contribution in [0.15, 0.2) is 29.3 Å². The first-order valence-corrected chi connectivity index (χ1v) is 11.2. The molecule has 2 rings (SSSR count). The van der Waals surface area contributed by atoms with Crippen molar-refractivity contribution in [3.05, 3.63) is 29.8 Å². The predicted molar refractivity (Wildman–Crippen MR) is 138 cm³/mol. The van der Waals surface area contributed by atoms with Crippen LogP contribution in [0.1, 0.15) is 32.8 Å². The summed E-state index contributed by atoms with van der Waals surface area (Å²) in [7, 11) is 1.67. The van der Waals surface area contributed by atoms with Crippen LogP contribution in [-0.2, 0) is 16.1 Å². The largest absolute Gasteiger partial charge is 0.497 e. The normalized spacial score (nSPS) is 17.3. The fraction of sp³-hybridized carbons (Fsp3) is 0.696. The third-order valence-corrected chi connectivity index (χ3v) is 4.83. The van der Waals surface area contributed by atoms with Gasteiger partial charge in [0, 0.05) is 39.3 Å². The molecule has 8 heteroatoms. The Morgan fingerprint density at radius 1 is 1.26 bits per heavy atom. The van der Waals surface area contributed by atoms with Gasteiger partial charge in [-0.05, 0) is 37.0 Å². The van der Waals surface area contributed by atoms with Crippen molar-refractivity contribution < 1.29 is 14.2 Å². The van der Waals surface area contributed by atoms with Gasteiger partial charge in [-0.2, -0.15) is 0 Å². The van der Waals surface area contributed by atoms with E-state index in [4.69, 9.17) is 19.2 Å². The fourth-order valence-electron chi connectivity index (χ4n) is 3.40. The summed E-state index contributed by atoms with van der Waals surface area (Å²) in [6.45, 7) is 14.2. The molecule has 1 aromatic rings. The molecule has 1 aliphatic rings. The molecule has 0 aliphatic carbocycles. The molecule has 31 heavy (non-hydrogen) atoms. The average Bonchev–Trinajstić information content (AvgIpc) is 2.74. The first-order chi connectivity index (χ1) is 14.6.